The Morgan fingerprint density at radius 2 is 1.66 bits per heavy atom. The van der Waals surface area contributed by atoms with Gasteiger partial charge in [-0.15, -0.1) is 0 Å². The average Bonchev–Trinajstić information content (AvgIpc) is 2.83. The van der Waals surface area contributed by atoms with E-state index in [-0.39, 0.29) is 17.2 Å². The van der Waals surface area contributed by atoms with Crippen LogP contribution < -0.4 is 11.0 Å². The molecule has 0 saturated heterocycles. The van der Waals surface area contributed by atoms with Crippen molar-refractivity contribution < 1.29 is 9.53 Å². The molecule has 0 aliphatic heterocycles. The number of anilines is 1. The summed E-state index contributed by atoms with van der Waals surface area (Å²) in [6, 6.07) is 25.5. The molecule has 0 bridgehead atoms. The van der Waals surface area contributed by atoms with Crippen molar-refractivity contribution in [3.8, 4) is 5.69 Å². The molecule has 0 aliphatic rings. The maximum atomic E-state index is 13.3. The molecular weight excluding hydrogens is 424 g/mol. The van der Waals surface area contributed by atoms with E-state index in [1.54, 1.807) is 25.1 Å². The molecule has 7 nitrogen and oxygen atoms in total. The Morgan fingerprint density at radius 1 is 1.00 bits per heavy atom. The highest BCUT2D eigenvalue weighted by atomic mass is 32.2. The Labute approximate surface area is 188 Å². The SMILES string of the molecule is CCOC(=O)/C(=N/Nc1ccccc1)Sc1nc2ccccc2c(=O)n1-c1ccccc1. The third-order valence-corrected chi connectivity index (χ3v) is 5.37. The molecular formula is C24H20N4O3S. The first kappa shape index (κ1) is 21.3. The van der Waals surface area contributed by atoms with Crippen molar-refractivity contribution in [3.63, 3.8) is 0 Å². The smallest absolute Gasteiger partial charge is 0.365 e. The van der Waals surface area contributed by atoms with E-state index in [4.69, 9.17) is 4.74 Å². The number of esters is 1. The summed E-state index contributed by atoms with van der Waals surface area (Å²) < 4.78 is 6.66. The number of carbonyl (C=O) groups is 1. The van der Waals surface area contributed by atoms with Gasteiger partial charge in [-0.3, -0.25) is 14.8 Å². The molecule has 0 spiro atoms. The number of fused-ring (bicyclic) bond motifs is 1. The number of thioether (sulfide) groups is 1. The van der Waals surface area contributed by atoms with Crippen LogP contribution in [0, 0.1) is 0 Å². The molecule has 0 aliphatic carbocycles. The van der Waals surface area contributed by atoms with Gasteiger partial charge in [-0.2, -0.15) is 5.10 Å². The minimum absolute atomic E-state index is 0.0302. The van der Waals surface area contributed by atoms with Gasteiger partial charge >= 0.3 is 5.97 Å². The van der Waals surface area contributed by atoms with Gasteiger partial charge < -0.3 is 4.74 Å². The topological polar surface area (TPSA) is 85.6 Å². The minimum Gasteiger partial charge on any atom is -0.461 e. The first-order chi connectivity index (χ1) is 15.7. The van der Waals surface area contributed by atoms with Crippen molar-refractivity contribution in [2.24, 2.45) is 5.10 Å². The summed E-state index contributed by atoms with van der Waals surface area (Å²) in [6.07, 6.45) is 0. The van der Waals surface area contributed by atoms with Crippen molar-refractivity contribution in [1.82, 2.24) is 9.55 Å². The van der Waals surface area contributed by atoms with Crippen LogP contribution in [0.2, 0.25) is 0 Å². The minimum atomic E-state index is -0.608. The third-order valence-electron chi connectivity index (χ3n) is 4.46. The number of hydrogen-bond donors (Lipinski definition) is 1. The van der Waals surface area contributed by atoms with Crippen LogP contribution in [0.15, 0.2) is 100.0 Å². The highest BCUT2D eigenvalue weighted by Gasteiger charge is 2.21. The van der Waals surface area contributed by atoms with Gasteiger partial charge in [0.05, 0.1) is 28.9 Å². The second kappa shape index (κ2) is 9.93. The second-order valence-corrected chi connectivity index (χ2v) is 7.56. The number of benzene rings is 3. The molecule has 1 heterocycles. The largest absolute Gasteiger partial charge is 0.461 e. The van der Waals surface area contributed by atoms with Crippen LogP contribution in [0.4, 0.5) is 5.69 Å². The first-order valence-corrected chi connectivity index (χ1v) is 10.8. The van der Waals surface area contributed by atoms with Crippen LogP contribution in [-0.2, 0) is 9.53 Å². The van der Waals surface area contributed by atoms with Crippen LogP contribution >= 0.6 is 11.8 Å². The number of hydrogen-bond acceptors (Lipinski definition) is 7. The molecule has 0 amide bonds. The molecule has 3 aromatic carbocycles. The van der Waals surface area contributed by atoms with Crippen molar-refractivity contribution in [3.05, 3.63) is 95.3 Å². The lowest BCUT2D eigenvalue weighted by molar-refractivity contribution is -0.134. The second-order valence-electron chi connectivity index (χ2n) is 6.60. The molecule has 0 saturated carbocycles. The Hall–Kier alpha value is -3.91. The van der Waals surface area contributed by atoms with Crippen LogP contribution in [0.1, 0.15) is 6.92 Å². The van der Waals surface area contributed by atoms with Crippen LogP contribution in [0.5, 0.6) is 0 Å². The van der Waals surface area contributed by atoms with Gasteiger partial charge in [0.15, 0.2) is 5.16 Å². The molecule has 8 heteroatoms. The van der Waals surface area contributed by atoms with E-state index in [1.165, 1.54) is 4.57 Å². The van der Waals surface area contributed by atoms with E-state index in [9.17, 15) is 9.59 Å². The maximum Gasteiger partial charge on any atom is 0.365 e. The van der Waals surface area contributed by atoms with Gasteiger partial charge in [-0.1, -0.05) is 48.5 Å². The Balaban J connectivity index is 1.82. The van der Waals surface area contributed by atoms with E-state index in [0.717, 1.165) is 11.8 Å². The van der Waals surface area contributed by atoms with Crippen molar-refractivity contribution in [1.29, 1.82) is 0 Å². The van der Waals surface area contributed by atoms with Crippen molar-refractivity contribution >= 4 is 39.4 Å². The van der Waals surface area contributed by atoms with Gasteiger partial charge in [0.1, 0.15) is 0 Å². The number of ether oxygens (including phenoxy) is 1. The quantitative estimate of drug-likeness (QED) is 0.122. The van der Waals surface area contributed by atoms with Gasteiger partial charge in [0.2, 0.25) is 5.04 Å². The molecule has 4 rings (SSSR count). The number of carbonyl (C=O) groups excluding carboxylic acids is 1. The lowest BCUT2D eigenvalue weighted by atomic mass is 10.2. The summed E-state index contributed by atoms with van der Waals surface area (Å²) in [4.78, 5) is 30.6. The van der Waals surface area contributed by atoms with E-state index < -0.39 is 5.97 Å². The molecule has 32 heavy (non-hydrogen) atoms. The number of para-hydroxylation sites is 3. The zero-order chi connectivity index (χ0) is 22.3. The van der Waals surface area contributed by atoms with E-state index >= 15 is 0 Å². The summed E-state index contributed by atoms with van der Waals surface area (Å²) >= 11 is 0.971. The molecule has 1 aromatic heterocycles. The van der Waals surface area contributed by atoms with Crippen LogP contribution in [0.3, 0.4) is 0 Å². The molecule has 0 unspecified atom stereocenters. The third kappa shape index (κ3) is 4.70. The summed E-state index contributed by atoms with van der Waals surface area (Å²) in [7, 11) is 0. The van der Waals surface area contributed by atoms with E-state index in [1.807, 2.05) is 66.7 Å². The zero-order valence-electron chi connectivity index (χ0n) is 17.3. The maximum absolute atomic E-state index is 13.3. The van der Waals surface area contributed by atoms with Gasteiger partial charge in [0, 0.05) is 0 Å². The summed E-state index contributed by atoms with van der Waals surface area (Å²) in [5, 5.41) is 5.07. The van der Waals surface area contributed by atoms with Gasteiger partial charge in [-0.05, 0) is 55.1 Å². The number of aromatic nitrogens is 2. The standard InChI is InChI=1S/C24H20N4O3S/c1-2-31-23(30)21(27-26-17-11-5-3-6-12-17)32-24-25-20-16-10-9-15-19(20)22(29)28(24)18-13-7-4-8-14-18/h3-16,26H,2H2,1H3/b27-21-. The fraction of sp³-hybridized carbons (Fsp3) is 0.0833. The average molecular weight is 445 g/mol. The van der Waals surface area contributed by atoms with Crippen molar-refractivity contribution in [2.45, 2.75) is 12.1 Å². The van der Waals surface area contributed by atoms with E-state index in [0.29, 0.717) is 27.4 Å². The first-order valence-electron chi connectivity index (χ1n) is 9.98. The summed E-state index contributed by atoms with van der Waals surface area (Å²) in [6.45, 7) is 1.92. The normalized spacial score (nSPS) is 11.3. The highest BCUT2D eigenvalue weighted by Crippen LogP contribution is 2.23. The monoisotopic (exact) mass is 444 g/mol. The number of nitrogens with one attached hydrogen (secondary N) is 1. The van der Waals surface area contributed by atoms with Gasteiger partial charge in [-0.25, -0.2) is 9.78 Å². The number of nitrogens with zero attached hydrogens (tertiary/aromatic N) is 3. The fourth-order valence-electron chi connectivity index (χ4n) is 3.00. The predicted molar refractivity (Wildman–Crippen MR) is 127 cm³/mol. The van der Waals surface area contributed by atoms with Crippen LogP contribution in [0.25, 0.3) is 16.6 Å². The molecule has 0 radical (unpaired) electrons. The molecule has 4 aromatic rings. The zero-order valence-corrected chi connectivity index (χ0v) is 18.1. The number of hydrazone groups is 1. The Kier molecular flexibility index (Phi) is 6.62. The number of rotatable bonds is 5. The lowest BCUT2D eigenvalue weighted by Gasteiger charge is -2.13. The van der Waals surface area contributed by atoms with Crippen LogP contribution in [-0.4, -0.2) is 27.2 Å². The molecule has 0 atom stereocenters. The molecule has 1 N–H and O–H groups in total. The molecule has 160 valence electrons. The van der Waals surface area contributed by atoms with E-state index in [2.05, 4.69) is 15.5 Å². The van der Waals surface area contributed by atoms with Crippen molar-refractivity contribution in [2.75, 3.05) is 12.0 Å². The Bertz CT molecular complexity index is 1320. The highest BCUT2D eigenvalue weighted by molar-refractivity contribution is 8.15. The predicted octanol–water partition coefficient (Wildman–Crippen LogP) is 4.47. The summed E-state index contributed by atoms with van der Waals surface area (Å²) in [5.74, 6) is -0.608. The molecule has 0 fully saturated rings. The Morgan fingerprint density at radius 3 is 2.38 bits per heavy atom. The van der Waals surface area contributed by atoms with Gasteiger partial charge in [0.25, 0.3) is 5.56 Å². The lowest BCUT2D eigenvalue weighted by Crippen LogP contribution is -2.24. The fourth-order valence-corrected chi connectivity index (χ4v) is 3.83. The summed E-state index contributed by atoms with van der Waals surface area (Å²) in [5.41, 5.74) is 4.51.